The second kappa shape index (κ2) is 9.97. The van der Waals surface area contributed by atoms with E-state index in [4.69, 9.17) is 13.9 Å². The first-order valence-corrected chi connectivity index (χ1v) is 11.4. The Bertz CT molecular complexity index is 1290. The summed E-state index contributed by atoms with van der Waals surface area (Å²) < 4.78 is 16.7. The highest BCUT2D eigenvalue weighted by Crippen LogP contribution is 2.26. The van der Waals surface area contributed by atoms with Gasteiger partial charge in [-0.25, -0.2) is 4.98 Å². The zero-order valence-corrected chi connectivity index (χ0v) is 19.1. The van der Waals surface area contributed by atoms with Crippen molar-refractivity contribution in [2.24, 2.45) is 5.92 Å². The van der Waals surface area contributed by atoms with E-state index in [1.807, 2.05) is 53.4 Å². The maximum absolute atomic E-state index is 13.6. The van der Waals surface area contributed by atoms with E-state index in [2.05, 4.69) is 16.4 Å². The van der Waals surface area contributed by atoms with E-state index in [-0.39, 0.29) is 11.8 Å². The fourth-order valence-corrected chi connectivity index (χ4v) is 4.42. The van der Waals surface area contributed by atoms with E-state index < -0.39 is 0 Å². The Balaban J connectivity index is 1.35. The van der Waals surface area contributed by atoms with Crippen LogP contribution in [-0.4, -0.2) is 49.2 Å². The number of ether oxygens (including phenoxy) is 2. The van der Waals surface area contributed by atoms with E-state index >= 15 is 0 Å². The van der Waals surface area contributed by atoms with Crippen LogP contribution in [0, 0.1) is 5.92 Å². The van der Waals surface area contributed by atoms with E-state index in [1.54, 1.807) is 25.6 Å². The van der Waals surface area contributed by atoms with Crippen LogP contribution in [0.15, 0.2) is 77.5 Å². The van der Waals surface area contributed by atoms with Gasteiger partial charge in [0.1, 0.15) is 17.2 Å². The summed E-state index contributed by atoms with van der Waals surface area (Å²) >= 11 is 0. The zero-order chi connectivity index (χ0) is 23.3. The molecule has 1 aliphatic heterocycles. The van der Waals surface area contributed by atoms with Crippen LogP contribution in [0.5, 0.6) is 5.75 Å². The molecule has 0 aliphatic carbocycles. The minimum atomic E-state index is -0.0597. The average molecular weight is 458 g/mol. The smallest absolute Gasteiger partial charge is 0.257 e. The molecule has 1 atom stereocenters. The summed E-state index contributed by atoms with van der Waals surface area (Å²) in [5.41, 5.74) is 3.42. The molecule has 2 aromatic heterocycles. The van der Waals surface area contributed by atoms with Crippen LogP contribution in [0.4, 0.5) is 11.5 Å². The highest BCUT2D eigenvalue weighted by atomic mass is 16.5. The summed E-state index contributed by atoms with van der Waals surface area (Å²) in [4.78, 5) is 19.9. The van der Waals surface area contributed by atoms with Gasteiger partial charge in [-0.05, 0) is 48.4 Å². The predicted molar refractivity (Wildman–Crippen MR) is 131 cm³/mol. The molecule has 1 amide bonds. The number of fused-ring (bicyclic) bond motifs is 1. The summed E-state index contributed by atoms with van der Waals surface area (Å²) in [5, 5.41) is 4.38. The number of nitrogens with one attached hydrogen (secondary N) is 1. The number of hydrogen-bond donors (Lipinski definition) is 1. The molecule has 1 saturated heterocycles. The third-order valence-corrected chi connectivity index (χ3v) is 6.09. The molecule has 5 rings (SSSR count). The van der Waals surface area contributed by atoms with E-state index in [0.29, 0.717) is 37.7 Å². The van der Waals surface area contributed by atoms with Gasteiger partial charge in [0.05, 0.1) is 32.2 Å². The van der Waals surface area contributed by atoms with Crippen LogP contribution in [0.1, 0.15) is 15.9 Å². The van der Waals surface area contributed by atoms with Gasteiger partial charge in [0.25, 0.3) is 5.91 Å². The maximum atomic E-state index is 13.6. The number of amides is 1. The molecule has 0 spiro atoms. The fraction of sp³-hybridized carbons (Fsp3) is 0.259. The van der Waals surface area contributed by atoms with Gasteiger partial charge < -0.3 is 24.1 Å². The average Bonchev–Trinajstić information content (AvgIpc) is 3.24. The first kappa shape index (κ1) is 22.0. The maximum Gasteiger partial charge on any atom is 0.257 e. The molecule has 1 fully saturated rings. The summed E-state index contributed by atoms with van der Waals surface area (Å²) in [6.45, 7) is 2.27. The van der Waals surface area contributed by atoms with Crippen molar-refractivity contribution in [3.63, 3.8) is 0 Å². The number of nitrogens with zero attached hydrogens (tertiary/aromatic N) is 2. The van der Waals surface area contributed by atoms with Gasteiger partial charge in [-0.1, -0.05) is 18.2 Å². The summed E-state index contributed by atoms with van der Waals surface area (Å²) in [6, 6.07) is 19.2. The van der Waals surface area contributed by atoms with Gasteiger partial charge in [-0.2, -0.15) is 0 Å². The van der Waals surface area contributed by atoms with Crippen LogP contribution in [0.2, 0.25) is 0 Å². The zero-order valence-electron chi connectivity index (χ0n) is 19.1. The number of benzene rings is 2. The molecule has 34 heavy (non-hydrogen) atoms. The van der Waals surface area contributed by atoms with Gasteiger partial charge in [0, 0.05) is 42.3 Å². The molecule has 174 valence electrons. The third-order valence-electron chi connectivity index (χ3n) is 6.09. The second-order valence-corrected chi connectivity index (χ2v) is 8.40. The second-order valence-electron chi connectivity index (χ2n) is 8.40. The van der Waals surface area contributed by atoms with Crippen LogP contribution in [0.25, 0.3) is 11.0 Å². The topological polar surface area (TPSA) is 76.8 Å². The molecule has 1 N–H and O–H groups in total. The van der Waals surface area contributed by atoms with Gasteiger partial charge in [-0.3, -0.25) is 4.79 Å². The Kier molecular flexibility index (Phi) is 6.44. The Morgan fingerprint density at radius 1 is 1.18 bits per heavy atom. The van der Waals surface area contributed by atoms with Crippen molar-refractivity contribution in [2.45, 2.75) is 6.42 Å². The van der Waals surface area contributed by atoms with Gasteiger partial charge in [-0.15, -0.1) is 0 Å². The van der Waals surface area contributed by atoms with Gasteiger partial charge in [0.2, 0.25) is 0 Å². The number of aromatic nitrogens is 1. The standard InChI is InChI=1S/C27H27N3O4/c1-32-22-7-3-6-21(16-22)29-26-24(8-4-11-28-26)27(31)30-12-14-33-18-19(17-30)15-20-5-2-9-25-23(20)10-13-34-25/h2-11,13,16,19H,12,14-15,17-18H2,1H3,(H,28,29). The van der Waals surface area contributed by atoms with Crippen LogP contribution in [0.3, 0.4) is 0 Å². The van der Waals surface area contributed by atoms with E-state index in [1.165, 1.54) is 5.56 Å². The van der Waals surface area contributed by atoms with Gasteiger partial charge in [0.15, 0.2) is 0 Å². The molecule has 0 bridgehead atoms. The molecule has 1 unspecified atom stereocenters. The molecule has 3 heterocycles. The van der Waals surface area contributed by atoms with Crippen LogP contribution >= 0.6 is 0 Å². The number of carbonyl (C=O) groups is 1. The quantitative estimate of drug-likeness (QED) is 0.443. The van der Waals surface area contributed by atoms with Crippen molar-refractivity contribution >= 4 is 28.4 Å². The van der Waals surface area contributed by atoms with Crippen molar-refractivity contribution in [3.05, 3.63) is 84.3 Å². The highest BCUT2D eigenvalue weighted by molar-refractivity contribution is 5.99. The van der Waals surface area contributed by atoms with Crippen molar-refractivity contribution in [1.82, 2.24) is 9.88 Å². The largest absolute Gasteiger partial charge is 0.497 e. The highest BCUT2D eigenvalue weighted by Gasteiger charge is 2.26. The van der Waals surface area contributed by atoms with E-state index in [9.17, 15) is 4.79 Å². The molecular weight excluding hydrogens is 430 g/mol. The molecular formula is C27H27N3O4. The SMILES string of the molecule is COc1cccc(Nc2ncccc2C(=O)N2CCOCC(Cc3cccc4occc34)C2)c1. The normalized spacial score (nSPS) is 16.3. The number of methoxy groups -OCH3 is 1. The minimum absolute atomic E-state index is 0.0597. The predicted octanol–water partition coefficient (Wildman–Crippen LogP) is 4.91. The van der Waals surface area contributed by atoms with Crippen LogP contribution < -0.4 is 10.1 Å². The minimum Gasteiger partial charge on any atom is -0.497 e. The number of furan rings is 1. The van der Waals surface area contributed by atoms with Crippen molar-refractivity contribution < 1.29 is 18.7 Å². The number of pyridine rings is 1. The monoisotopic (exact) mass is 457 g/mol. The van der Waals surface area contributed by atoms with E-state index in [0.717, 1.165) is 28.8 Å². The summed E-state index contributed by atoms with van der Waals surface area (Å²) in [6.07, 6.45) is 4.20. The summed E-state index contributed by atoms with van der Waals surface area (Å²) in [5.74, 6) is 1.37. The fourth-order valence-electron chi connectivity index (χ4n) is 4.42. The lowest BCUT2D eigenvalue weighted by Gasteiger charge is -2.25. The van der Waals surface area contributed by atoms with Crippen molar-refractivity contribution in [2.75, 3.05) is 38.7 Å². The molecule has 4 aromatic rings. The Hall–Kier alpha value is -3.84. The number of hydrogen-bond acceptors (Lipinski definition) is 6. The van der Waals surface area contributed by atoms with Crippen molar-refractivity contribution in [1.29, 1.82) is 0 Å². The third kappa shape index (κ3) is 4.75. The first-order chi connectivity index (χ1) is 16.7. The lowest BCUT2D eigenvalue weighted by Crippen LogP contribution is -2.36. The number of anilines is 2. The van der Waals surface area contributed by atoms with Crippen molar-refractivity contribution in [3.8, 4) is 5.75 Å². The Labute approximate surface area is 198 Å². The molecule has 0 radical (unpaired) electrons. The molecule has 1 aliphatic rings. The Morgan fingerprint density at radius 3 is 3.00 bits per heavy atom. The molecule has 0 saturated carbocycles. The number of carbonyl (C=O) groups excluding carboxylic acids is 1. The van der Waals surface area contributed by atoms with Gasteiger partial charge >= 0.3 is 0 Å². The van der Waals surface area contributed by atoms with Crippen LogP contribution in [-0.2, 0) is 11.2 Å². The lowest BCUT2D eigenvalue weighted by atomic mass is 9.97. The molecule has 7 nitrogen and oxygen atoms in total. The molecule has 2 aromatic carbocycles. The first-order valence-electron chi connectivity index (χ1n) is 11.4. The summed E-state index contributed by atoms with van der Waals surface area (Å²) in [7, 11) is 1.62. The Morgan fingerprint density at radius 2 is 2.09 bits per heavy atom. The lowest BCUT2D eigenvalue weighted by molar-refractivity contribution is 0.0738. The molecule has 7 heteroatoms. The number of rotatable bonds is 6.